The monoisotopic (exact) mass is 535 g/mol. The first-order valence-corrected chi connectivity index (χ1v) is 12.8. The van der Waals surface area contributed by atoms with E-state index in [1.54, 1.807) is 0 Å². The Hall–Kier alpha value is -3.04. The maximum Gasteiger partial charge on any atom is 0.306 e. The molecule has 0 unspecified atom stereocenters. The Bertz CT molecular complexity index is 1280. The number of carboxylic acid groups (broad SMARTS) is 1. The zero-order valence-electron chi connectivity index (χ0n) is 19.2. The summed E-state index contributed by atoms with van der Waals surface area (Å²) in [5.74, 6) is -4.67. The van der Waals surface area contributed by atoms with Crippen molar-refractivity contribution >= 4 is 50.7 Å². The van der Waals surface area contributed by atoms with Gasteiger partial charge in [0.25, 0.3) is 5.91 Å². The number of hydrogen-bond donors (Lipinski definition) is 2. The highest BCUT2D eigenvalue weighted by Gasteiger charge is 2.28. The molecule has 0 spiro atoms. The molecule has 36 heavy (non-hydrogen) atoms. The average molecular weight is 536 g/mol. The van der Waals surface area contributed by atoms with Crippen molar-refractivity contribution in [1.29, 1.82) is 0 Å². The van der Waals surface area contributed by atoms with Crippen LogP contribution in [0, 0.1) is 17.6 Å². The van der Waals surface area contributed by atoms with E-state index in [9.17, 15) is 23.2 Å². The minimum Gasteiger partial charge on any atom is -0.484 e. The van der Waals surface area contributed by atoms with E-state index in [1.807, 2.05) is 24.3 Å². The van der Waals surface area contributed by atoms with Crippen LogP contribution < -0.4 is 10.1 Å². The summed E-state index contributed by atoms with van der Waals surface area (Å²) in [7, 11) is 0. The number of carboxylic acids is 1. The van der Waals surface area contributed by atoms with E-state index in [0.717, 1.165) is 22.2 Å². The van der Waals surface area contributed by atoms with Gasteiger partial charge < -0.3 is 15.2 Å². The van der Waals surface area contributed by atoms with Crippen LogP contribution in [0.2, 0.25) is 5.02 Å². The van der Waals surface area contributed by atoms with Gasteiger partial charge in [0.05, 0.1) is 17.0 Å². The fourth-order valence-electron chi connectivity index (χ4n) is 4.26. The van der Waals surface area contributed by atoms with E-state index < -0.39 is 41.2 Å². The van der Waals surface area contributed by atoms with Crippen LogP contribution >= 0.6 is 22.9 Å². The molecule has 1 amide bonds. The largest absolute Gasteiger partial charge is 0.484 e. The maximum atomic E-state index is 14.6. The lowest BCUT2D eigenvalue weighted by Gasteiger charge is -2.27. The molecule has 1 fully saturated rings. The van der Waals surface area contributed by atoms with Crippen molar-refractivity contribution in [3.8, 4) is 5.75 Å². The second-order valence-corrected chi connectivity index (χ2v) is 10.2. The number of aliphatic carboxylic acids is 1. The molecule has 2 aromatic carbocycles. The number of nitrogens with one attached hydrogen (secondary N) is 1. The Morgan fingerprint density at radius 1 is 1.08 bits per heavy atom. The zero-order chi connectivity index (χ0) is 25.8. The van der Waals surface area contributed by atoms with Gasteiger partial charge in [-0.05, 0) is 50.3 Å². The first kappa shape index (κ1) is 26.0. The Balaban J connectivity index is 1.28. The fraction of sp³-hybridized carbons (Fsp3) is 0.346. The lowest BCUT2D eigenvalue weighted by molar-refractivity contribution is -0.143. The van der Waals surface area contributed by atoms with Crippen molar-refractivity contribution in [2.45, 2.75) is 44.6 Å². The molecule has 2 N–H and O–H groups in total. The standard InChI is InChI=1S/C26H24ClF2NO5S/c27-22-17-4-1-2-6-21(17)36-24(22)25(32)30-11-3-5-20(31)15-12-18(28)23(19(29)13-15)35-16-9-7-14(8-10-16)26(33)34/h1-2,4,6,12-14,16H,3,5,7-11H2,(H,30,32)(H,33,34). The van der Waals surface area contributed by atoms with E-state index >= 15 is 0 Å². The van der Waals surface area contributed by atoms with Crippen LogP contribution in [0.4, 0.5) is 8.78 Å². The lowest BCUT2D eigenvalue weighted by Crippen LogP contribution is -2.28. The molecule has 0 bridgehead atoms. The summed E-state index contributed by atoms with van der Waals surface area (Å²) in [6.45, 7) is 0.195. The first-order chi connectivity index (χ1) is 17.2. The number of hydrogen-bond acceptors (Lipinski definition) is 5. The summed E-state index contributed by atoms with van der Waals surface area (Å²) >= 11 is 7.59. The topological polar surface area (TPSA) is 92.7 Å². The van der Waals surface area contributed by atoms with E-state index in [4.69, 9.17) is 21.4 Å². The molecule has 1 aliphatic carbocycles. The second kappa shape index (κ2) is 11.3. The minimum absolute atomic E-state index is 0.0152. The number of rotatable bonds is 9. The van der Waals surface area contributed by atoms with Crippen molar-refractivity contribution < 1.29 is 33.0 Å². The molecule has 4 rings (SSSR count). The van der Waals surface area contributed by atoms with Crippen LogP contribution in [0.25, 0.3) is 10.1 Å². The van der Waals surface area contributed by atoms with Crippen LogP contribution in [0.1, 0.15) is 58.6 Å². The molecular formula is C26H24ClF2NO5S. The van der Waals surface area contributed by atoms with Gasteiger partial charge in [0.2, 0.25) is 0 Å². The molecular weight excluding hydrogens is 512 g/mol. The molecule has 0 saturated heterocycles. The number of carbonyl (C=O) groups is 3. The lowest BCUT2D eigenvalue weighted by atomic mass is 9.87. The van der Waals surface area contributed by atoms with E-state index in [2.05, 4.69) is 5.32 Å². The second-order valence-electron chi connectivity index (χ2n) is 8.72. The number of fused-ring (bicyclic) bond motifs is 1. The van der Waals surface area contributed by atoms with Crippen molar-refractivity contribution in [3.05, 3.63) is 63.5 Å². The summed E-state index contributed by atoms with van der Waals surface area (Å²) in [5, 5.41) is 13.0. The molecule has 3 aromatic rings. The highest BCUT2D eigenvalue weighted by atomic mass is 35.5. The molecule has 190 valence electrons. The van der Waals surface area contributed by atoms with Gasteiger partial charge in [0.15, 0.2) is 23.2 Å². The van der Waals surface area contributed by atoms with E-state index in [1.165, 1.54) is 11.3 Å². The maximum absolute atomic E-state index is 14.6. The average Bonchev–Trinajstić information content (AvgIpc) is 3.20. The van der Waals surface area contributed by atoms with Crippen LogP contribution in [0.15, 0.2) is 36.4 Å². The number of benzene rings is 2. The summed E-state index contributed by atoms with van der Waals surface area (Å²) in [6, 6.07) is 9.30. The normalized spacial score (nSPS) is 17.6. The Morgan fingerprint density at radius 2 is 1.75 bits per heavy atom. The van der Waals surface area contributed by atoms with Gasteiger partial charge >= 0.3 is 5.97 Å². The smallest absolute Gasteiger partial charge is 0.306 e. The van der Waals surface area contributed by atoms with Gasteiger partial charge in [-0.1, -0.05) is 29.8 Å². The molecule has 0 radical (unpaired) electrons. The third-order valence-electron chi connectivity index (χ3n) is 6.24. The highest BCUT2D eigenvalue weighted by molar-refractivity contribution is 7.21. The summed E-state index contributed by atoms with van der Waals surface area (Å²) in [5.41, 5.74) is -0.120. The number of ether oxygens (including phenoxy) is 1. The molecule has 0 atom stereocenters. The Kier molecular flexibility index (Phi) is 8.21. The third-order valence-corrected chi connectivity index (χ3v) is 7.91. The third kappa shape index (κ3) is 5.84. The van der Waals surface area contributed by atoms with Crippen molar-refractivity contribution in [2.24, 2.45) is 5.92 Å². The van der Waals surface area contributed by atoms with Crippen LogP contribution in [-0.4, -0.2) is 35.4 Å². The molecule has 0 aliphatic heterocycles. The molecule has 1 heterocycles. The number of thiophene rings is 1. The van der Waals surface area contributed by atoms with Gasteiger partial charge in [-0.15, -0.1) is 11.3 Å². The molecule has 1 aliphatic rings. The molecule has 1 aromatic heterocycles. The molecule has 6 nitrogen and oxygen atoms in total. The highest BCUT2D eigenvalue weighted by Crippen LogP contribution is 2.35. The predicted octanol–water partition coefficient (Wildman–Crippen LogP) is 6.25. The Morgan fingerprint density at radius 3 is 2.39 bits per heavy atom. The minimum atomic E-state index is -0.980. The SMILES string of the molecule is O=C(CCCNC(=O)c1sc2ccccc2c1Cl)c1cc(F)c(OC2CCC(C(=O)O)CC2)c(F)c1. The predicted molar refractivity (Wildman–Crippen MR) is 133 cm³/mol. The van der Waals surface area contributed by atoms with E-state index in [0.29, 0.717) is 35.6 Å². The summed E-state index contributed by atoms with van der Waals surface area (Å²) in [4.78, 5) is 36.4. The fourth-order valence-corrected chi connectivity index (χ4v) is 5.70. The summed E-state index contributed by atoms with van der Waals surface area (Å²) < 4.78 is 35.5. The summed E-state index contributed by atoms with van der Waals surface area (Å²) in [6.07, 6.45) is 1.31. The number of carbonyl (C=O) groups excluding carboxylic acids is 2. The van der Waals surface area contributed by atoms with Crippen LogP contribution in [0.5, 0.6) is 5.75 Å². The van der Waals surface area contributed by atoms with Gasteiger partial charge in [0, 0.05) is 28.6 Å². The number of halogens is 3. The number of Topliss-reactive ketones (excluding diaryl/α,β-unsaturated/α-hetero) is 1. The zero-order valence-corrected chi connectivity index (χ0v) is 20.8. The quantitative estimate of drug-likeness (QED) is 0.250. The van der Waals surface area contributed by atoms with Gasteiger partial charge in [-0.2, -0.15) is 0 Å². The van der Waals surface area contributed by atoms with Crippen molar-refractivity contribution in [1.82, 2.24) is 5.32 Å². The van der Waals surface area contributed by atoms with Gasteiger partial charge in [0.1, 0.15) is 4.88 Å². The Labute approximate surface area is 215 Å². The van der Waals surface area contributed by atoms with Gasteiger partial charge in [-0.3, -0.25) is 14.4 Å². The first-order valence-electron chi connectivity index (χ1n) is 11.6. The molecule has 1 saturated carbocycles. The van der Waals surface area contributed by atoms with E-state index in [-0.39, 0.29) is 30.9 Å². The number of ketones is 1. The molecule has 10 heteroatoms. The van der Waals surface area contributed by atoms with Crippen molar-refractivity contribution in [2.75, 3.05) is 6.54 Å². The number of amides is 1. The van der Waals surface area contributed by atoms with Crippen molar-refractivity contribution in [3.63, 3.8) is 0 Å². The van der Waals surface area contributed by atoms with Gasteiger partial charge in [-0.25, -0.2) is 8.78 Å². The van der Waals surface area contributed by atoms with Crippen LogP contribution in [-0.2, 0) is 4.79 Å². The van der Waals surface area contributed by atoms with Crippen LogP contribution in [0.3, 0.4) is 0 Å².